The zero-order valence-corrected chi connectivity index (χ0v) is 14.6. The summed E-state index contributed by atoms with van der Waals surface area (Å²) >= 11 is 5.17. The molecule has 0 saturated heterocycles. The molecule has 5 nitrogen and oxygen atoms in total. The summed E-state index contributed by atoms with van der Waals surface area (Å²) < 4.78 is 8.30. The Hall–Kier alpha value is -1.05. The van der Waals surface area contributed by atoms with Crippen molar-refractivity contribution in [2.45, 2.75) is 37.3 Å². The Morgan fingerprint density at radius 3 is 2.81 bits per heavy atom. The van der Waals surface area contributed by atoms with E-state index in [1.54, 1.807) is 18.9 Å². The van der Waals surface area contributed by atoms with Gasteiger partial charge in [-0.1, -0.05) is 24.8 Å². The molecule has 0 saturated carbocycles. The molecule has 0 unspecified atom stereocenters. The van der Waals surface area contributed by atoms with Crippen molar-refractivity contribution in [3.63, 3.8) is 0 Å². The summed E-state index contributed by atoms with van der Waals surface area (Å²) in [6.45, 7) is 3.45. The minimum atomic E-state index is 0.418. The van der Waals surface area contributed by atoms with Gasteiger partial charge in [0, 0.05) is 12.3 Å². The second-order valence-corrected chi connectivity index (χ2v) is 6.31. The molecule has 114 valence electrons. The van der Waals surface area contributed by atoms with Crippen LogP contribution in [0.3, 0.4) is 0 Å². The van der Waals surface area contributed by atoms with Crippen LogP contribution in [0.1, 0.15) is 24.7 Å². The monoisotopic (exact) mass is 370 g/mol. The van der Waals surface area contributed by atoms with E-state index in [1.807, 2.05) is 6.07 Å². The van der Waals surface area contributed by atoms with Crippen molar-refractivity contribution < 1.29 is 4.74 Å². The number of nitrogens with two attached hydrogens (primary N) is 1. The Balaban J connectivity index is 2.09. The van der Waals surface area contributed by atoms with Crippen molar-refractivity contribution in [1.82, 2.24) is 14.8 Å². The van der Waals surface area contributed by atoms with Gasteiger partial charge in [-0.3, -0.25) is 0 Å². The molecule has 2 aromatic rings. The maximum absolute atomic E-state index is 5.70. The van der Waals surface area contributed by atoms with Gasteiger partial charge in [-0.05, 0) is 40.0 Å². The van der Waals surface area contributed by atoms with Gasteiger partial charge in [0.1, 0.15) is 11.6 Å². The fourth-order valence-corrected chi connectivity index (χ4v) is 3.49. The molecule has 0 atom stereocenters. The van der Waals surface area contributed by atoms with E-state index in [1.165, 1.54) is 5.56 Å². The van der Waals surface area contributed by atoms with Crippen molar-refractivity contribution in [2.24, 2.45) is 5.73 Å². The fraction of sp³-hybridized carbons (Fsp3) is 0.429. The molecule has 0 aliphatic rings. The summed E-state index contributed by atoms with van der Waals surface area (Å²) in [5, 5.41) is 9.31. The number of aromatic nitrogens is 3. The molecule has 21 heavy (non-hydrogen) atoms. The zero-order valence-electron chi connectivity index (χ0n) is 12.2. The average molecular weight is 371 g/mol. The molecular weight excluding hydrogens is 352 g/mol. The van der Waals surface area contributed by atoms with Crippen LogP contribution in [0.5, 0.6) is 5.75 Å². The smallest absolute Gasteiger partial charge is 0.191 e. The summed E-state index contributed by atoms with van der Waals surface area (Å²) in [4.78, 5) is 0. The highest BCUT2D eigenvalue weighted by Gasteiger charge is 2.11. The van der Waals surface area contributed by atoms with E-state index in [-0.39, 0.29) is 0 Å². The Kier molecular flexibility index (Phi) is 6.08. The molecule has 0 fully saturated rings. The summed E-state index contributed by atoms with van der Waals surface area (Å²) in [6.07, 6.45) is 1.03. The molecule has 2 rings (SSSR count). The van der Waals surface area contributed by atoms with Gasteiger partial charge in [0.05, 0.1) is 18.1 Å². The Morgan fingerprint density at radius 2 is 2.19 bits per heavy atom. The van der Waals surface area contributed by atoms with E-state index in [2.05, 4.69) is 49.8 Å². The molecule has 1 heterocycles. The molecule has 2 N–H and O–H groups in total. The van der Waals surface area contributed by atoms with E-state index >= 15 is 0 Å². The lowest BCUT2D eigenvalue weighted by molar-refractivity contribution is 0.412. The third-order valence-corrected chi connectivity index (χ3v) is 4.66. The molecule has 0 amide bonds. The van der Waals surface area contributed by atoms with Gasteiger partial charge in [-0.2, -0.15) is 0 Å². The lowest BCUT2D eigenvalue weighted by Crippen LogP contribution is -2.09. The van der Waals surface area contributed by atoms with E-state index in [0.717, 1.165) is 39.9 Å². The van der Waals surface area contributed by atoms with Crippen molar-refractivity contribution in [3.8, 4) is 5.75 Å². The first-order chi connectivity index (χ1) is 10.2. The maximum Gasteiger partial charge on any atom is 0.191 e. The van der Waals surface area contributed by atoms with E-state index in [4.69, 9.17) is 10.5 Å². The van der Waals surface area contributed by atoms with Crippen molar-refractivity contribution >= 4 is 27.7 Å². The molecule has 0 aliphatic heterocycles. The van der Waals surface area contributed by atoms with Crippen LogP contribution in [0.15, 0.2) is 27.8 Å². The predicted octanol–water partition coefficient (Wildman–Crippen LogP) is 3.21. The molecule has 0 bridgehead atoms. The first kappa shape index (κ1) is 16.3. The number of rotatable bonds is 7. The highest BCUT2D eigenvalue weighted by Crippen LogP contribution is 2.29. The largest absolute Gasteiger partial charge is 0.496 e. The SMILES string of the molecule is CCCn1c(CN)nnc1SCc1ccc(OC)c(Br)c1. The first-order valence-electron chi connectivity index (χ1n) is 6.77. The second-order valence-electron chi connectivity index (χ2n) is 4.51. The highest BCUT2D eigenvalue weighted by molar-refractivity contribution is 9.10. The molecule has 7 heteroatoms. The van der Waals surface area contributed by atoms with Crippen LogP contribution in [0.2, 0.25) is 0 Å². The number of hydrogen-bond donors (Lipinski definition) is 1. The van der Waals surface area contributed by atoms with Gasteiger partial charge in [-0.15, -0.1) is 10.2 Å². The lowest BCUT2D eigenvalue weighted by Gasteiger charge is -2.08. The molecule has 1 aromatic carbocycles. The maximum atomic E-state index is 5.70. The van der Waals surface area contributed by atoms with Gasteiger partial charge in [-0.25, -0.2) is 0 Å². The summed E-state index contributed by atoms with van der Waals surface area (Å²) in [7, 11) is 1.66. The Morgan fingerprint density at radius 1 is 1.38 bits per heavy atom. The van der Waals surface area contributed by atoms with E-state index < -0.39 is 0 Å². The summed E-state index contributed by atoms with van der Waals surface area (Å²) in [6, 6.07) is 6.08. The van der Waals surface area contributed by atoms with Crippen LogP contribution in [0.25, 0.3) is 0 Å². The van der Waals surface area contributed by atoms with Crippen LogP contribution in [0.4, 0.5) is 0 Å². The van der Waals surface area contributed by atoms with Gasteiger partial charge in [0.2, 0.25) is 0 Å². The second kappa shape index (κ2) is 7.82. The Bertz CT molecular complexity index is 603. The quantitative estimate of drug-likeness (QED) is 0.757. The van der Waals surface area contributed by atoms with Gasteiger partial charge < -0.3 is 15.0 Å². The standard InChI is InChI=1S/C14H19BrN4OS/c1-3-6-19-13(8-16)17-18-14(19)21-9-10-4-5-12(20-2)11(15)7-10/h4-5,7H,3,6,8-9,16H2,1-2H3. The van der Waals surface area contributed by atoms with E-state index in [9.17, 15) is 0 Å². The molecule has 0 radical (unpaired) electrons. The molecule has 0 aliphatic carbocycles. The van der Waals surface area contributed by atoms with Crippen LogP contribution >= 0.6 is 27.7 Å². The third kappa shape index (κ3) is 3.99. The van der Waals surface area contributed by atoms with Crippen LogP contribution < -0.4 is 10.5 Å². The number of methoxy groups -OCH3 is 1. The van der Waals surface area contributed by atoms with Crippen LogP contribution in [-0.4, -0.2) is 21.9 Å². The predicted molar refractivity (Wildman–Crippen MR) is 88.5 cm³/mol. The number of nitrogens with zero attached hydrogens (tertiary/aromatic N) is 3. The van der Waals surface area contributed by atoms with Crippen molar-refractivity contribution in [2.75, 3.05) is 7.11 Å². The minimum Gasteiger partial charge on any atom is -0.496 e. The average Bonchev–Trinajstić information content (AvgIpc) is 2.88. The van der Waals surface area contributed by atoms with Gasteiger partial charge >= 0.3 is 0 Å². The van der Waals surface area contributed by atoms with E-state index in [0.29, 0.717) is 6.54 Å². The number of benzene rings is 1. The van der Waals surface area contributed by atoms with Crippen LogP contribution in [0, 0.1) is 0 Å². The zero-order chi connectivity index (χ0) is 15.2. The molecule has 1 aromatic heterocycles. The number of ether oxygens (including phenoxy) is 1. The summed E-state index contributed by atoms with van der Waals surface area (Å²) in [5.41, 5.74) is 6.90. The number of halogens is 1. The third-order valence-electron chi connectivity index (χ3n) is 3.01. The summed E-state index contributed by atoms with van der Waals surface area (Å²) in [5.74, 6) is 2.51. The van der Waals surface area contributed by atoms with Gasteiger partial charge in [0.15, 0.2) is 5.16 Å². The van der Waals surface area contributed by atoms with Crippen LogP contribution in [-0.2, 0) is 18.8 Å². The Labute approximate surface area is 137 Å². The first-order valence-corrected chi connectivity index (χ1v) is 8.54. The highest BCUT2D eigenvalue weighted by atomic mass is 79.9. The normalized spacial score (nSPS) is 10.9. The van der Waals surface area contributed by atoms with Crippen molar-refractivity contribution in [1.29, 1.82) is 0 Å². The number of hydrogen-bond acceptors (Lipinski definition) is 5. The fourth-order valence-electron chi connectivity index (χ4n) is 1.97. The molecule has 0 spiro atoms. The topological polar surface area (TPSA) is 66.0 Å². The van der Waals surface area contributed by atoms with Gasteiger partial charge in [0.25, 0.3) is 0 Å². The minimum absolute atomic E-state index is 0.418. The molecular formula is C14H19BrN4OS. The lowest BCUT2D eigenvalue weighted by atomic mass is 10.2. The number of thioether (sulfide) groups is 1. The van der Waals surface area contributed by atoms with Crippen molar-refractivity contribution in [3.05, 3.63) is 34.1 Å².